The third kappa shape index (κ3) is 6.45. The van der Waals surface area contributed by atoms with Gasteiger partial charge in [-0.05, 0) is 30.3 Å². The van der Waals surface area contributed by atoms with E-state index in [0.717, 1.165) is 0 Å². The highest BCUT2D eigenvalue weighted by atomic mass is 79.9. The highest BCUT2D eigenvalue weighted by molar-refractivity contribution is 9.10. The van der Waals surface area contributed by atoms with Crippen molar-refractivity contribution in [2.75, 3.05) is 0 Å². The largest absolute Gasteiger partial charge is 0.448 e. The number of para-hydroxylation sites is 1. The first-order valence-corrected chi connectivity index (χ1v) is 10.1. The monoisotopic (exact) mass is 552 g/mol. The zero-order valence-electron chi connectivity index (χ0n) is 14.5. The minimum absolute atomic E-state index is 0.0108. The van der Waals surface area contributed by atoms with Crippen molar-refractivity contribution in [2.45, 2.75) is 0 Å². The lowest BCUT2D eigenvalue weighted by Gasteiger charge is -2.08. The van der Waals surface area contributed by atoms with Crippen LogP contribution >= 0.6 is 62.3 Å². The summed E-state index contributed by atoms with van der Waals surface area (Å²) in [6.45, 7) is 0. The molecule has 0 aliphatic rings. The van der Waals surface area contributed by atoms with Crippen molar-refractivity contribution in [1.82, 2.24) is 0 Å². The van der Waals surface area contributed by atoms with E-state index in [1.54, 1.807) is 18.2 Å². The molecule has 0 radical (unpaired) electrons. The van der Waals surface area contributed by atoms with Crippen LogP contribution in [-0.4, -0.2) is 9.85 Å². The maximum atomic E-state index is 10.9. The standard InChI is InChI=1S/C12H6BrCl2NO3.C6H3Cl2NO2/c13-7-4-8(14)6-9(5-7)19-12-10(15)2-1-3-11(12)16(17)18;7-4-2-1-3-5(6(4)8)9(10)11/h1-6H;1-3H. The average Bonchev–Trinajstić information content (AvgIpc) is 2.65. The summed E-state index contributed by atoms with van der Waals surface area (Å²) in [6.07, 6.45) is 0. The predicted octanol–water partition coefficient (Wildman–Crippen LogP) is 8.36. The van der Waals surface area contributed by atoms with E-state index < -0.39 is 9.85 Å². The summed E-state index contributed by atoms with van der Waals surface area (Å²) in [6, 6.07) is 13.5. The first-order valence-electron chi connectivity index (χ1n) is 7.75. The lowest BCUT2D eigenvalue weighted by molar-refractivity contribution is -0.385. The fourth-order valence-electron chi connectivity index (χ4n) is 2.08. The number of hydrogen-bond donors (Lipinski definition) is 0. The maximum absolute atomic E-state index is 10.9. The van der Waals surface area contributed by atoms with Gasteiger partial charge in [-0.25, -0.2) is 0 Å². The summed E-state index contributed by atoms with van der Waals surface area (Å²) in [5.41, 5.74) is -0.372. The van der Waals surface area contributed by atoms with Crippen LogP contribution in [0, 0.1) is 20.2 Å². The minimum atomic E-state index is -0.575. The van der Waals surface area contributed by atoms with Crippen molar-refractivity contribution in [2.24, 2.45) is 0 Å². The van der Waals surface area contributed by atoms with Crippen LogP contribution in [-0.2, 0) is 0 Å². The number of rotatable bonds is 4. The molecular formula is C18H9BrCl4N2O5. The number of ether oxygens (including phenoxy) is 1. The molecule has 0 saturated carbocycles. The Balaban J connectivity index is 0.000000248. The smallest absolute Gasteiger partial charge is 0.313 e. The SMILES string of the molecule is O=[N+]([O-])c1cccc(Cl)c1Cl.O=[N+]([O-])c1cccc(Cl)c1Oc1cc(Cl)cc(Br)c1. The zero-order chi connectivity index (χ0) is 22.4. The topological polar surface area (TPSA) is 95.5 Å². The van der Waals surface area contributed by atoms with Crippen LogP contribution in [0.3, 0.4) is 0 Å². The van der Waals surface area contributed by atoms with E-state index in [1.807, 2.05) is 0 Å². The van der Waals surface area contributed by atoms with Gasteiger partial charge in [-0.15, -0.1) is 0 Å². The number of halogens is 5. The summed E-state index contributed by atoms with van der Waals surface area (Å²) < 4.78 is 6.17. The van der Waals surface area contributed by atoms with Gasteiger partial charge in [0, 0.05) is 21.6 Å². The molecule has 0 spiro atoms. The van der Waals surface area contributed by atoms with Gasteiger partial charge in [0.15, 0.2) is 0 Å². The summed E-state index contributed by atoms with van der Waals surface area (Å²) in [4.78, 5) is 20.0. The maximum Gasteiger partial charge on any atom is 0.313 e. The van der Waals surface area contributed by atoms with Gasteiger partial charge in [0.2, 0.25) is 5.75 Å². The molecule has 0 bridgehead atoms. The van der Waals surface area contributed by atoms with E-state index in [-0.39, 0.29) is 32.2 Å². The van der Waals surface area contributed by atoms with Crippen molar-refractivity contribution in [3.63, 3.8) is 0 Å². The molecule has 12 heteroatoms. The van der Waals surface area contributed by atoms with E-state index in [1.165, 1.54) is 36.4 Å². The number of nitro groups is 2. The molecule has 0 saturated heterocycles. The summed E-state index contributed by atoms with van der Waals surface area (Å²) in [5, 5.41) is 21.9. The summed E-state index contributed by atoms with van der Waals surface area (Å²) in [7, 11) is 0. The highest BCUT2D eigenvalue weighted by Crippen LogP contribution is 2.39. The third-order valence-electron chi connectivity index (χ3n) is 3.33. The second-order valence-corrected chi connectivity index (χ2v) is 7.93. The quantitative estimate of drug-likeness (QED) is 0.238. The van der Waals surface area contributed by atoms with Crippen LogP contribution < -0.4 is 4.74 Å². The first kappa shape index (κ1) is 24.2. The predicted molar refractivity (Wildman–Crippen MR) is 120 cm³/mol. The van der Waals surface area contributed by atoms with E-state index >= 15 is 0 Å². The molecule has 7 nitrogen and oxygen atoms in total. The molecular weight excluding hydrogens is 546 g/mol. The van der Waals surface area contributed by atoms with Gasteiger partial charge in [0.05, 0.1) is 19.9 Å². The van der Waals surface area contributed by atoms with Gasteiger partial charge in [0.25, 0.3) is 5.69 Å². The van der Waals surface area contributed by atoms with E-state index in [0.29, 0.717) is 15.2 Å². The van der Waals surface area contributed by atoms with Crippen LogP contribution in [0.4, 0.5) is 11.4 Å². The Morgan fingerprint density at radius 1 is 0.800 bits per heavy atom. The summed E-state index contributed by atoms with van der Waals surface area (Å²) in [5.74, 6) is 0.346. The lowest BCUT2D eigenvalue weighted by atomic mass is 10.3. The molecule has 156 valence electrons. The molecule has 3 aromatic carbocycles. The second-order valence-electron chi connectivity index (χ2n) is 5.38. The Labute approximate surface area is 198 Å². The van der Waals surface area contributed by atoms with Crippen molar-refractivity contribution in [1.29, 1.82) is 0 Å². The first-order chi connectivity index (χ1) is 14.1. The molecule has 3 rings (SSSR count). The van der Waals surface area contributed by atoms with Crippen LogP contribution in [0.1, 0.15) is 0 Å². The van der Waals surface area contributed by atoms with Gasteiger partial charge >= 0.3 is 5.69 Å². The van der Waals surface area contributed by atoms with Crippen molar-refractivity contribution < 1.29 is 14.6 Å². The Bertz CT molecular complexity index is 1090. The molecule has 0 heterocycles. The zero-order valence-corrected chi connectivity index (χ0v) is 19.1. The number of nitrogens with zero attached hydrogens (tertiary/aromatic N) is 2. The molecule has 0 aliphatic carbocycles. The van der Waals surface area contributed by atoms with Gasteiger partial charge in [0.1, 0.15) is 10.8 Å². The van der Waals surface area contributed by atoms with Crippen LogP contribution in [0.2, 0.25) is 20.1 Å². The molecule has 0 unspecified atom stereocenters. The molecule has 30 heavy (non-hydrogen) atoms. The average molecular weight is 555 g/mol. The van der Waals surface area contributed by atoms with Gasteiger partial charge in [-0.2, -0.15) is 0 Å². The lowest BCUT2D eigenvalue weighted by Crippen LogP contribution is -1.94. The molecule has 0 fully saturated rings. The van der Waals surface area contributed by atoms with Crippen molar-refractivity contribution in [3.8, 4) is 11.5 Å². The van der Waals surface area contributed by atoms with Gasteiger partial charge in [-0.1, -0.05) is 74.5 Å². The number of benzene rings is 3. The second kappa shape index (κ2) is 10.8. The van der Waals surface area contributed by atoms with Crippen molar-refractivity contribution in [3.05, 3.63) is 99.4 Å². The van der Waals surface area contributed by atoms with Gasteiger partial charge in [-0.3, -0.25) is 20.2 Å². The van der Waals surface area contributed by atoms with E-state index in [4.69, 9.17) is 51.1 Å². The molecule has 0 atom stereocenters. The Kier molecular flexibility index (Phi) is 8.69. The van der Waals surface area contributed by atoms with E-state index in [9.17, 15) is 20.2 Å². The van der Waals surface area contributed by atoms with Crippen LogP contribution in [0.15, 0.2) is 59.1 Å². The Hall–Kier alpha value is -2.10. The fraction of sp³-hybridized carbons (Fsp3) is 0. The number of nitro benzene ring substituents is 2. The van der Waals surface area contributed by atoms with Crippen LogP contribution in [0.5, 0.6) is 11.5 Å². The fourth-order valence-corrected chi connectivity index (χ4v) is 3.48. The summed E-state index contributed by atoms with van der Waals surface area (Å²) >= 11 is 26.1. The molecule has 3 aromatic rings. The molecule has 0 aromatic heterocycles. The molecule has 0 N–H and O–H groups in total. The highest BCUT2D eigenvalue weighted by Gasteiger charge is 2.19. The van der Waals surface area contributed by atoms with E-state index in [2.05, 4.69) is 15.9 Å². The van der Waals surface area contributed by atoms with Gasteiger partial charge < -0.3 is 4.74 Å². The Morgan fingerprint density at radius 3 is 1.90 bits per heavy atom. The normalized spacial score (nSPS) is 10.0. The van der Waals surface area contributed by atoms with Crippen molar-refractivity contribution >= 4 is 73.7 Å². The molecule has 0 amide bonds. The Morgan fingerprint density at radius 2 is 1.37 bits per heavy atom. The minimum Gasteiger partial charge on any atom is -0.448 e. The number of hydrogen-bond acceptors (Lipinski definition) is 5. The van der Waals surface area contributed by atoms with Crippen LogP contribution in [0.25, 0.3) is 0 Å². The third-order valence-corrected chi connectivity index (χ3v) is 5.11. The molecule has 0 aliphatic heterocycles.